The lowest BCUT2D eigenvalue weighted by Crippen LogP contribution is -2.20. The fourth-order valence-corrected chi connectivity index (χ4v) is 2.55. The van der Waals surface area contributed by atoms with Crippen molar-refractivity contribution < 1.29 is 0 Å². The summed E-state index contributed by atoms with van der Waals surface area (Å²) in [6.45, 7) is 4.25. The highest BCUT2D eigenvalue weighted by molar-refractivity contribution is 7.98. The van der Waals surface area contributed by atoms with Crippen molar-refractivity contribution in [2.24, 2.45) is 0 Å². The Hall–Kier alpha value is -0.970. The maximum atomic E-state index is 4.69. The zero-order chi connectivity index (χ0) is 13.1. The van der Waals surface area contributed by atoms with Gasteiger partial charge in [-0.05, 0) is 32.9 Å². The van der Waals surface area contributed by atoms with E-state index in [-0.39, 0.29) is 0 Å². The van der Waals surface area contributed by atoms with Crippen LogP contribution in [0.4, 0.5) is 11.6 Å². The van der Waals surface area contributed by atoms with Crippen molar-refractivity contribution in [3.05, 3.63) is 11.4 Å². The van der Waals surface area contributed by atoms with Gasteiger partial charge in [0.2, 0.25) is 0 Å². The summed E-state index contributed by atoms with van der Waals surface area (Å²) in [4.78, 5) is 9.29. The van der Waals surface area contributed by atoms with Crippen molar-refractivity contribution in [3.63, 3.8) is 0 Å². The van der Waals surface area contributed by atoms with Gasteiger partial charge in [0.1, 0.15) is 17.5 Å². The molecule has 1 aromatic rings. The molecule has 2 rings (SSSR count). The highest BCUT2D eigenvalue weighted by Crippen LogP contribution is 2.39. The summed E-state index contributed by atoms with van der Waals surface area (Å²) in [5.41, 5.74) is 1.11. The van der Waals surface area contributed by atoms with Gasteiger partial charge in [-0.1, -0.05) is 0 Å². The van der Waals surface area contributed by atoms with Gasteiger partial charge in [0.05, 0.1) is 0 Å². The number of nitrogens with one attached hydrogen (secondary N) is 2. The highest BCUT2D eigenvalue weighted by atomic mass is 32.2. The van der Waals surface area contributed by atoms with Crippen LogP contribution in [-0.2, 0) is 0 Å². The molecule has 1 aliphatic rings. The third-order valence-corrected chi connectivity index (χ3v) is 3.98. The molecule has 0 saturated heterocycles. The molecule has 1 heterocycles. The second-order valence-electron chi connectivity index (χ2n) is 4.93. The number of thioether (sulfide) groups is 1. The van der Waals surface area contributed by atoms with Crippen LogP contribution in [0.2, 0.25) is 0 Å². The molecule has 100 valence electrons. The van der Waals surface area contributed by atoms with E-state index >= 15 is 0 Å². The lowest BCUT2D eigenvalue weighted by Gasteiger charge is -2.17. The van der Waals surface area contributed by atoms with Crippen LogP contribution in [0, 0.1) is 6.92 Å². The predicted octanol–water partition coefficient (Wildman–Crippen LogP) is 2.87. The number of hydrogen-bond acceptors (Lipinski definition) is 5. The molecule has 0 spiro atoms. The molecule has 0 aromatic carbocycles. The monoisotopic (exact) mass is 266 g/mol. The first-order chi connectivity index (χ1) is 8.65. The molecule has 1 unspecified atom stereocenters. The van der Waals surface area contributed by atoms with Crippen molar-refractivity contribution in [3.8, 4) is 0 Å². The Balaban J connectivity index is 2.23. The average Bonchev–Trinajstić information content (AvgIpc) is 3.16. The normalized spacial score (nSPS) is 16.4. The second-order valence-corrected chi connectivity index (χ2v) is 5.84. The van der Waals surface area contributed by atoms with Crippen molar-refractivity contribution in [2.45, 2.75) is 38.6 Å². The van der Waals surface area contributed by atoms with Crippen LogP contribution >= 0.6 is 11.8 Å². The minimum atomic E-state index is 0.422. The van der Waals surface area contributed by atoms with Crippen molar-refractivity contribution in [1.29, 1.82) is 0 Å². The minimum absolute atomic E-state index is 0.422. The van der Waals surface area contributed by atoms with E-state index in [9.17, 15) is 0 Å². The lowest BCUT2D eigenvalue weighted by atomic mass is 10.2. The van der Waals surface area contributed by atoms with Crippen LogP contribution in [-0.4, -0.2) is 35.1 Å². The molecule has 0 bridgehead atoms. The van der Waals surface area contributed by atoms with E-state index in [0.29, 0.717) is 12.0 Å². The number of rotatable bonds is 6. The van der Waals surface area contributed by atoms with Gasteiger partial charge >= 0.3 is 0 Å². The first kappa shape index (κ1) is 13.5. The molecule has 18 heavy (non-hydrogen) atoms. The van der Waals surface area contributed by atoms with Gasteiger partial charge in [-0.3, -0.25) is 0 Å². The van der Waals surface area contributed by atoms with Gasteiger partial charge in [-0.2, -0.15) is 11.8 Å². The van der Waals surface area contributed by atoms with E-state index < -0.39 is 0 Å². The fraction of sp³-hybridized carbons (Fsp3) is 0.692. The van der Waals surface area contributed by atoms with Crippen LogP contribution in [0.15, 0.2) is 0 Å². The van der Waals surface area contributed by atoms with Crippen LogP contribution in [0.1, 0.15) is 37.1 Å². The smallest absolute Gasteiger partial charge is 0.136 e. The molecule has 0 amide bonds. The molecule has 1 atom stereocenters. The van der Waals surface area contributed by atoms with Crippen LogP contribution in [0.25, 0.3) is 0 Å². The molecule has 4 nitrogen and oxygen atoms in total. The van der Waals surface area contributed by atoms with Gasteiger partial charge in [-0.15, -0.1) is 0 Å². The Morgan fingerprint density at radius 3 is 2.56 bits per heavy atom. The summed E-state index contributed by atoms with van der Waals surface area (Å²) in [7, 11) is 1.92. The van der Waals surface area contributed by atoms with Crippen molar-refractivity contribution in [1.82, 2.24) is 9.97 Å². The molecule has 0 radical (unpaired) electrons. The summed E-state index contributed by atoms with van der Waals surface area (Å²) in [6, 6.07) is 0.422. The van der Waals surface area contributed by atoms with Crippen LogP contribution in [0.5, 0.6) is 0 Å². The minimum Gasteiger partial charge on any atom is -0.373 e. The molecule has 1 aromatic heterocycles. The Kier molecular flexibility index (Phi) is 4.32. The average molecular weight is 266 g/mol. The SMILES string of the molecule is CNc1nc(C2CC2)nc(NC(C)CSC)c1C. The molecule has 2 N–H and O–H groups in total. The third kappa shape index (κ3) is 3.07. The Labute approximate surface area is 113 Å². The van der Waals surface area contributed by atoms with Gasteiger partial charge in [0, 0.05) is 30.3 Å². The quantitative estimate of drug-likeness (QED) is 0.829. The third-order valence-electron chi connectivity index (χ3n) is 3.14. The lowest BCUT2D eigenvalue weighted by molar-refractivity contribution is 0.868. The highest BCUT2D eigenvalue weighted by Gasteiger charge is 2.28. The second kappa shape index (κ2) is 5.78. The molecular weight excluding hydrogens is 244 g/mol. The maximum Gasteiger partial charge on any atom is 0.136 e. The van der Waals surface area contributed by atoms with E-state index in [1.54, 1.807) is 0 Å². The Morgan fingerprint density at radius 2 is 2.00 bits per heavy atom. The van der Waals surface area contributed by atoms with E-state index in [4.69, 9.17) is 4.98 Å². The van der Waals surface area contributed by atoms with Crippen LogP contribution in [0.3, 0.4) is 0 Å². The van der Waals surface area contributed by atoms with Crippen molar-refractivity contribution in [2.75, 3.05) is 29.7 Å². The number of anilines is 2. The molecule has 1 aliphatic carbocycles. The zero-order valence-electron chi connectivity index (χ0n) is 11.6. The number of hydrogen-bond donors (Lipinski definition) is 2. The first-order valence-corrected chi connectivity index (χ1v) is 7.86. The Bertz CT molecular complexity index is 418. The summed E-state index contributed by atoms with van der Waals surface area (Å²) < 4.78 is 0. The summed E-state index contributed by atoms with van der Waals surface area (Å²) in [5, 5.41) is 6.66. The largest absolute Gasteiger partial charge is 0.373 e. The fourth-order valence-electron chi connectivity index (χ4n) is 1.97. The van der Waals surface area contributed by atoms with Gasteiger partial charge in [0.15, 0.2) is 0 Å². The first-order valence-electron chi connectivity index (χ1n) is 6.47. The zero-order valence-corrected chi connectivity index (χ0v) is 12.4. The van der Waals surface area contributed by atoms with Gasteiger partial charge < -0.3 is 10.6 Å². The summed E-state index contributed by atoms with van der Waals surface area (Å²) in [6.07, 6.45) is 4.58. The van der Waals surface area contributed by atoms with E-state index in [1.807, 2.05) is 18.8 Å². The topological polar surface area (TPSA) is 49.8 Å². The molecule has 5 heteroatoms. The predicted molar refractivity (Wildman–Crippen MR) is 79.8 cm³/mol. The Morgan fingerprint density at radius 1 is 1.33 bits per heavy atom. The van der Waals surface area contributed by atoms with Gasteiger partial charge in [0.25, 0.3) is 0 Å². The van der Waals surface area contributed by atoms with Crippen LogP contribution < -0.4 is 10.6 Å². The molecule has 1 saturated carbocycles. The van der Waals surface area contributed by atoms with E-state index in [2.05, 4.69) is 35.7 Å². The van der Waals surface area contributed by atoms with Crippen molar-refractivity contribution >= 4 is 23.4 Å². The van der Waals surface area contributed by atoms with Gasteiger partial charge in [-0.25, -0.2) is 9.97 Å². The number of aromatic nitrogens is 2. The molecule has 1 fully saturated rings. The standard InChI is InChI=1S/C13H22N4S/c1-8(7-18-4)15-12-9(2)11(14-3)16-13(17-12)10-5-6-10/h8,10H,5-7H2,1-4H3,(H2,14,15,16,17). The summed E-state index contributed by atoms with van der Waals surface area (Å²) in [5.74, 6) is 4.58. The summed E-state index contributed by atoms with van der Waals surface area (Å²) >= 11 is 1.85. The maximum absolute atomic E-state index is 4.69. The molecule has 0 aliphatic heterocycles. The van der Waals surface area contributed by atoms with E-state index in [1.165, 1.54) is 12.8 Å². The number of nitrogens with zero attached hydrogens (tertiary/aromatic N) is 2. The van der Waals surface area contributed by atoms with E-state index in [0.717, 1.165) is 28.8 Å². The molecular formula is C13H22N4S.